The number of carbonyl (C=O) groups excluding carboxylic acids is 1. The lowest BCUT2D eigenvalue weighted by atomic mass is 9.73. The van der Waals surface area contributed by atoms with Crippen molar-refractivity contribution in [1.82, 2.24) is 0 Å². The van der Waals surface area contributed by atoms with Gasteiger partial charge in [0.15, 0.2) is 5.78 Å². The van der Waals surface area contributed by atoms with E-state index in [1.165, 1.54) is 6.92 Å². The van der Waals surface area contributed by atoms with Gasteiger partial charge in [-0.15, -0.1) is 0 Å². The number of benzene rings is 2. The maximum atomic E-state index is 12.2. The third kappa shape index (κ3) is 3.03. The fourth-order valence-electron chi connectivity index (χ4n) is 2.81. The van der Waals surface area contributed by atoms with Crippen LogP contribution in [-0.2, 0) is 16.6 Å². The molecule has 2 aromatic carbocycles. The van der Waals surface area contributed by atoms with Crippen LogP contribution in [0.3, 0.4) is 0 Å². The molecule has 2 rings (SSSR count). The van der Waals surface area contributed by atoms with E-state index < -0.39 is 5.41 Å². The third-order valence-electron chi connectivity index (χ3n) is 3.81. The maximum absolute atomic E-state index is 12.2. The van der Waals surface area contributed by atoms with Crippen LogP contribution in [0.15, 0.2) is 48.5 Å². The van der Waals surface area contributed by atoms with E-state index in [2.05, 4.69) is 12.1 Å². The number of nitrogens with zero attached hydrogens (tertiary/aromatic N) is 1. The maximum Gasteiger partial charge on any atom is 0.154 e. The summed E-state index contributed by atoms with van der Waals surface area (Å²) in [6.07, 6.45) is 0.408. The van der Waals surface area contributed by atoms with E-state index in [-0.39, 0.29) is 5.78 Å². The van der Waals surface area contributed by atoms with E-state index >= 15 is 0 Å². The van der Waals surface area contributed by atoms with E-state index in [1.807, 2.05) is 56.3 Å². The topological polar surface area (TPSA) is 40.9 Å². The molecule has 21 heavy (non-hydrogen) atoms. The van der Waals surface area contributed by atoms with Crippen LogP contribution in [0, 0.1) is 25.2 Å². The Hall–Kier alpha value is -2.40. The lowest BCUT2D eigenvalue weighted by Gasteiger charge is -2.24. The van der Waals surface area contributed by atoms with Crippen molar-refractivity contribution in [2.24, 2.45) is 0 Å². The fourth-order valence-corrected chi connectivity index (χ4v) is 2.81. The molecular formula is C19H19NO. The molecule has 2 heteroatoms. The highest BCUT2D eigenvalue weighted by Crippen LogP contribution is 2.30. The molecule has 0 fully saturated rings. The van der Waals surface area contributed by atoms with E-state index in [1.54, 1.807) is 0 Å². The number of hydrogen-bond acceptors (Lipinski definition) is 2. The molecule has 0 aliphatic rings. The van der Waals surface area contributed by atoms with Crippen LogP contribution in [0.2, 0.25) is 0 Å². The number of Topliss-reactive ketones (excluding diaryl/α,β-unsaturated/α-hetero) is 1. The molecule has 0 radical (unpaired) electrons. The summed E-state index contributed by atoms with van der Waals surface area (Å²) >= 11 is 0. The Bertz CT molecular complexity index is 677. The molecule has 0 aliphatic carbocycles. The molecule has 1 unspecified atom stereocenters. The molecule has 0 bridgehead atoms. The minimum atomic E-state index is -1.11. The summed E-state index contributed by atoms with van der Waals surface area (Å²) in [5.74, 6) is -0.115. The number of nitriles is 1. The normalized spacial score (nSPS) is 13.2. The first-order valence-electron chi connectivity index (χ1n) is 7.03. The Morgan fingerprint density at radius 2 is 1.67 bits per heavy atom. The van der Waals surface area contributed by atoms with Crippen LogP contribution in [0.5, 0.6) is 0 Å². The van der Waals surface area contributed by atoms with Gasteiger partial charge >= 0.3 is 0 Å². The average Bonchev–Trinajstić information content (AvgIpc) is 2.44. The Kier molecular flexibility index (Phi) is 4.23. The molecule has 1 atom stereocenters. The van der Waals surface area contributed by atoms with E-state index in [4.69, 9.17) is 0 Å². The largest absolute Gasteiger partial charge is 0.298 e. The fraction of sp³-hybridized carbons (Fsp3) is 0.263. The van der Waals surface area contributed by atoms with Crippen molar-refractivity contribution >= 4 is 5.78 Å². The summed E-state index contributed by atoms with van der Waals surface area (Å²) in [5, 5.41) is 9.73. The highest BCUT2D eigenvalue weighted by atomic mass is 16.1. The summed E-state index contributed by atoms with van der Waals surface area (Å²) < 4.78 is 0. The van der Waals surface area contributed by atoms with Crippen molar-refractivity contribution in [2.45, 2.75) is 32.6 Å². The summed E-state index contributed by atoms with van der Waals surface area (Å²) in [7, 11) is 0. The summed E-state index contributed by atoms with van der Waals surface area (Å²) in [6, 6.07) is 17.8. The molecule has 0 aromatic heterocycles. The summed E-state index contributed by atoms with van der Waals surface area (Å²) in [4.78, 5) is 12.2. The van der Waals surface area contributed by atoms with E-state index in [9.17, 15) is 10.1 Å². The number of carbonyl (C=O) groups is 1. The third-order valence-corrected chi connectivity index (χ3v) is 3.81. The molecule has 0 spiro atoms. The van der Waals surface area contributed by atoms with Crippen LogP contribution >= 0.6 is 0 Å². The standard InChI is InChI=1S/C19H19NO/c1-14-9-15(2)11-17(10-14)12-19(13-20,16(3)21)18-7-5-4-6-8-18/h4-11H,12H2,1-3H3. The molecule has 0 heterocycles. The van der Waals surface area contributed by atoms with Gasteiger partial charge in [0.2, 0.25) is 0 Å². The van der Waals surface area contributed by atoms with Gasteiger partial charge in [0.1, 0.15) is 5.41 Å². The Morgan fingerprint density at radius 3 is 2.14 bits per heavy atom. The smallest absolute Gasteiger partial charge is 0.154 e. The van der Waals surface area contributed by atoms with Gasteiger partial charge < -0.3 is 0 Å². The minimum Gasteiger partial charge on any atom is -0.298 e. The first-order valence-corrected chi connectivity index (χ1v) is 7.03. The zero-order valence-electron chi connectivity index (χ0n) is 12.7. The Labute approximate surface area is 126 Å². The number of aryl methyl sites for hydroxylation is 2. The van der Waals surface area contributed by atoms with Gasteiger partial charge in [0.05, 0.1) is 6.07 Å². The van der Waals surface area contributed by atoms with Gasteiger partial charge in [0, 0.05) is 6.42 Å². The highest BCUT2D eigenvalue weighted by Gasteiger charge is 2.37. The van der Waals surface area contributed by atoms with E-state index in [0.29, 0.717) is 6.42 Å². The lowest BCUT2D eigenvalue weighted by molar-refractivity contribution is -0.120. The van der Waals surface area contributed by atoms with Gasteiger partial charge in [-0.05, 0) is 31.9 Å². The predicted molar refractivity (Wildman–Crippen MR) is 84.0 cm³/mol. The Morgan fingerprint density at radius 1 is 1.10 bits per heavy atom. The zero-order chi connectivity index (χ0) is 15.5. The number of ketones is 1. The molecule has 2 nitrogen and oxygen atoms in total. The SMILES string of the molecule is CC(=O)C(C#N)(Cc1cc(C)cc(C)c1)c1ccccc1. The zero-order valence-corrected chi connectivity index (χ0v) is 12.7. The quantitative estimate of drug-likeness (QED) is 0.850. The predicted octanol–water partition coefficient (Wildman–Crippen LogP) is 3.90. The second kappa shape index (κ2) is 5.93. The number of rotatable bonds is 4. The van der Waals surface area contributed by atoms with Crippen LogP contribution < -0.4 is 0 Å². The van der Waals surface area contributed by atoms with Gasteiger partial charge in [-0.3, -0.25) is 4.79 Å². The van der Waals surface area contributed by atoms with Crippen LogP contribution in [0.25, 0.3) is 0 Å². The van der Waals surface area contributed by atoms with Crippen molar-refractivity contribution in [3.8, 4) is 6.07 Å². The van der Waals surface area contributed by atoms with Gasteiger partial charge in [0.25, 0.3) is 0 Å². The van der Waals surface area contributed by atoms with Crippen molar-refractivity contribution in [1.29, 1.82) is 5.26 Å². The van der Waals surface area contributed by atoms with Gasteiger partial charge in [-0.1, -0.05) is 59.7 Å². The monoisotopic (exact) mass is 277 g/mol. The summed E-state index contributed by atoms with van der Waals surface area (Å²) in [6.45, 7) is 5.56. The van der Waals surface area contributed by atoms with Crippen LogP contribution in [0.4, 0.5) is 0 Å². The minimum absolute atomic E-state index is 0.115. The number of hydrogen-bond donors (Lipinski definition) is 0. The van der Waals surface area contributed by atoms with Crippen LogP contribution in [0.1, 0.15) is 29.2 Å². The van der Waals surface area contributed by atoms with Gasteiger partial charge in [-0.2, -0.15) is 5.26 Å². The molecule has 2 aromatic rings. The van der Waals surface area contributed by atoms with Crippen molar-refractivity contribution < 1.29 is 4.79 Å². The Balaban J connectivity index is 2.52. The first kappa shape index (κ1) is 15.0. The molecule has 0 saturated heterocycles. The molecule has 0 amide bonds. The second-order valence-corrected chi connectivity index (χ2v) is 5.61. The molecule has 0 N–H and O–H groups in total. The van der Waals surface area contributed by atoms with Crippen molar-refractivity contribution in [3.05, 3.63) is 70.8 Å². The van der Waals surface area contributed by atoms with Crippen molar-refractivity contribution in [2.75, 3.05) is 0 Å². The molecule has 0 saturated carbocycles. The average molecular weight is 277 g/mol. The molecule has 106 valence electrons. The molecule has 0 aliphatic heterocycles. The second-order valence-electron chi connectivity index (χ2n) is 5.61. The van der Waals surface area contributed by atoms with Gasteiger partial charge in [-0.25, -0.2) is 0 Å². The summed E-state index contributed by atoms with van der Waals surface area (Å²) in [5.41, 5.74) is 2.97. The molecular weight excluding hydrogens is 258 g/mol. The highest BCUT2D eigenvalue weighted by molar-refractivity contribution is 5.91. The van der Waals surface area contributed by atoms with Crippen LogP contribution in [-0.4, -0.2) is 5.78 Å². The first-order chi connectivity index (χ1) is 9.98. The van der Waals surface area contributed by atoms with Crippen molar-refractivity contribution in [3.63, 3.8) is 0 Å². The lowest BCUT2D eigenvalue weighted by Crippen LogP contribution is -2.35. The van der Waals surface area contributed by atoms with E-state index in [0.717, 1.165) is 22.3 Å².